The summed E-state index contributed by atoms with van der Waals surface area (Å²) in [5.41, 5.74) is 2.23. The second-order valence-corrected chi connectivity index (χ2v) is 5.09. The number of carbonyl (C=O) groups excluding carboxylic acids is 1. The molecule has 1 atom stereocenters. The molecule has 1 rings (SSSR count). The van der Waals surface area contributed by atoms with Crippen LogP contribution in [0.3, 0.4) is 0 Å². The predicted octanol–water partition coefficient (Wildman–Crippen LogP) is 2.33. The van der Waals surface area contributed by atoms with Gasteiger partial charge in [0.2, 0.25) is 0 Å². The maximum absolute atomic E-state index is 10.6. The Morgan fingerprint density at radius 3 is 2.55 bits per heavy atom. The van der Waals surface area contributed by atoms with Crippen molar-refractivity contribution >= 4 is 5.78 Å². The largest absolute Gasteiger partial charge is 0.374 e. The van der Waals surface area contributed by atoms with Crippen LogP contribution in [-0.4, -0.2) is 39.3 Å². The van der Waals surface area contributed by atoms with Gasteiger partial charge in [0.05, 0.1) is 6.61 Å². The number of nitrogens with one attached hydrogen (secondary N) is 1. The average molecular weight is 303 g/mol. The maximum atomic E-state index is 10.6. The predicted molar refractivity (Wildman–Crippen MR) is 87.7 cm³/mol. The normalized spacial score (nSPS) is 11.6. The van der Waals surface area contributed by atoms with E-state index in [1.807, 2.05) is 19.2 Å². The molecule has 0 bridgehead atoms. The molecule has 0 amide bonds. The number of rotatable bonds is 9. The van der Waals surface area contributed by atoms with Crippen molar-refractivity contribution in [3.05, 3.63) is 35.4 Å². The molecule has 1 N–H and O–H groups in total. The van der Waals surface area contributed by atoms with Crippen LogP contribution in [0.15, 0.2) is 24.3 Å². The van der Waals surface area contributed by atoms with E-state index in [-0.39, 0.29) is 12.4 Å². The summed E-state index contributed by atoms with van der Waals surface area (Å²) in [4.78, 5) is 10.6. The molecule has 0 radical (unpaired) electrons. The van der Waals surface area contributed by atoms with Crippen molar-refractivity contribution in [1.82, 2.24) is 5.32 Å². The maximum Gasteiger partial charge on any atom is 0.155 e. The molecule has 0 aliphatic rings. The zero-order chi connectivity index (χ0) is 16.2. The molecule has 1 aromatic rings. The quantitative estimate of drug-likeness (QED) is 0.562. The monoisotopic (exact) mass is 303 g/mol. The Bertz CT molecular complexity index is 499. The van der Waals surface area contributed by atoms with Crippen LogP contribution in [0.5, 0.6) is 0 Å². The SMILES string of the molecule is CN[C@H](C)c1ccc(C#CCOCCCOCC(C)=O)cc1. The van der Waals surface area contributed by atoms with Crippen LogP contribution >= 0.6 is 0 Å². The molecule has 120 valence electrons. The fourth-order valence-corrected chi connectivity index (χ4v) is 1.76. The lowest BCUT2D eigenvalue weighted by Crippen LogP contribution is -2.11. The van der Waals surface area contributed by atoms with Crippen molar-refractivity contribution in [3.8, 4) is 11.8 Å². The minimum absolute atomic E-state index is 0.0434. The summed E-state index contributed by atoms with van der Waals surface area (Å²) < 4.78 is 10.5. The summed E-state index contributed by atoms with van der Waals surface area (Å²) in [6.45, 7) is 5.35. The van der Waals surface area contributed by atoms with E-state index in [1.54, 1.807) is 0 Å². The highest BCUT2D eigenvalue weighted by Gasteiger charge is 2.00. The van der Waals surface area contributed by atoms with Gasteiger partial charge in [-0.05, 0) is 45.0 Å². The highest BCUT2D eigenvalue weighted by Crippen LogP contribution is 2.11. The molecular weight excluding hydrogens is 278 g/mol. The van der Waals surface area contributed by atoms with Crippen molar-refractivity contribution in [2.45, 2.75) is 26.3 Å². The molecule has 0 spiro atoms. The van der Waals surface area contributed by atoms with E-state index in [4.69, 9.17) is 9.47 Å². The van der Waals surface area contributed by atoms with Gasteiger partial charge in [-0.25, -0.2) is 0 Å². The molecule has 4 heteroatoms. The van der Waals surface area contributed by atoms with Gasteiger partial charge < -0.3 is 14.8 Å². The zero-order valence-corrected chi connectivity index (χ0v) is 13.6. The van der Waals surface area contributed by atoms with Crippen molar-refractivity contribution in [2.24, 2.45) is 0 Å². The first-order valence-corrected chi connectivity index (χ1v) is 7.54. The van der Waals surface area contributed by atoms with E-state index in [0.29, 0.717) is 25.9 Å². The number of benzene rings is 1. The van der Waals surface area contributed by atoms with Crippen LogP contribution in [0.1, 0.15) is 37.4 Å². The molecular formula is C18H25NO3. The zero-order valence-electron chi connectivity index (χ0n) is 13.6. The Hall–Kier alpha value is -1.67. The molecule has 0 unspecified atom stereocenters. The Labute approximate surface area is 133 Å². The first-order valence-electron chi connectivity index (χ1n) is 7.54. The number of hydrogen-bond acceptors (Lipinski definition) is 4. The highest BCUT2D eigenvalue weighted by molar-refractivity contribution is 5.76. The van der Waals surface area contributed by atoms with Gasteiger partial charge in [0, 0.05) is 18.2 Å². The molecule has 0 aromatic heterocycles. The van der Waals surface area contributed by atoms with Gasteiger partial charge in [0.1, 0.15) is 13.2 Å². The number of ketones is 1. The summed E-state index contributed by atoms with van der Waals surface area (Å²) in [5, 5.41) is 3.20. The fourth-order valence-electron chi connectivity index (χ4n) is 1.76. The molecule has 1 aromatic carbocycles. The summed E-state index contributed by atoms with van der Waals surface area (Å²) in [6, 6.07) is 8.55. The summed E-state index contributed by atoms with van der Waals surface area (Å²) in [5.74, 6) is 6.11. The highest BCUT2D eigenvalue weighted by atomic mass is 16.5. The second kappa shape index (κ2) is 11.0. The van der Waals surface area contributed by atoms with Crippen LogP contribution in [0.25, 0.3) is 0 Å². The molecule has 0 aliphatic carbocycles. The van der Waals surface area contributed by atoms with E-state index < -0.39 is 0 Å². The molecule has 0 saturated heterocycles. The van der Waals surface area contributed by atoms with E-state index in [9.17, 15) is 4.79 Å². The number of hydrogen-bond donors (Lipinski definition) is 1. The molecule has 0 fully saturated rings. The first kappa shape index (κ1) is 18.4. The van der Waals surface area contributed by atoms with Crippen LogP contribution in [0, 0.1) is 11.8 Å². The third-order valence-electron chi connectivity index (χ3n) is 3.13. The van der Waals surface area contributed by atoms with Crippen molar-refractivity contribution < 1.29 is 14.3 Å². The van der Waals surface area contributed by atoms with Gasteiger partial charge in [-0.15, -0.1) is 0 Å². The average Bonchev–Trinajstić information content (AvgIpc) is 2.53. The van der Waals surface area contributed by atoms with Gasteiger partial charge in [0.15, 0.2) is 5.78 Å². The lowest BCUT2D eigenvalue weighted by atomic mass is 10.1. The van der Waals surface area contributed by atoms with Crippen LogP contribution < -0.4 is 5.32 Å². The topological polar surface area (TPSA) is 47.6 Å². The second-order valence-electron chi connectivity index (χ2n) is 5.09. The minimum atomic E-state index is 0.0434. The molecule has 0 heterocycles. The van der Waals surface area contributed by atoms with Gasteiger partial charge in [-0.1, -0.05) is 24.0 Å². The smallest absolute Gasteiger partial charge is 0.155 e. The van der Waals surface area contributed by atoms with Gasteiger partial charge in [0.25, 0.3) is 0 Å². The van der Waals surface area contributed by atoms with E-state index in [0.717, 1.165) is 12.0 Å². The van der Waals surface area contributed by atoms with Crippen LogP contribution in [0.2, 0.25) is 0 Å². The summed E-state index contributed by atoms with van der Waals surface area (Å²) in [7, 11) is 1.95. The Morgan fingerprint density at radius 2 is 1.91 bits per heavy atom. The first-order chi connectivity index (χ1) is 10.6. The van der Waals surface area contributed by atoms with Gasteiger partial charge in [-0.3, -0.25) is 4.79 Å². The molecule has 0 aliphatic heterocycles. The fraction of sp³-hybridized carbons (Fsp3) is 0.500. The number of carbonyl (C=O) groups is 1. The van der Waals surface area contributed by atoms with E-state index in [2.05, 4.69) is 36.2 Å². The molecule has 0 saturated carbocycles. The number of Topliss-reactive ketones (excluding diaryl/α,β-unsaturated/α-hetero) is 1. The third-order valence-corrected chi connectivity index (χ3v) is 3.13. The lowest BCUT2D eigenvalue weighted by Gasteiger charge is -2.09. The Morgan fingerprint density at radius 1 is 1.23 bits per heavy atom. The van der Waals surface area contributed by atoms with E-state index >= 15 is 0 Å². The van der Waals surface area contributed by atoms with Crippen molar-refractivity contribution in [3.63, 3.8) is 0 Å². The number of ether oxygens (including phenoxy) is 2. The third kappa shape index (κ3) is 7.94. The van der Waals surface area contributed by atoms with Crippen LogP contribution in [-0.2, 0) is 14.3 Å². The molecule has 22 heavy (non-hydrogen) atoms. The summed E-state index contributed by atoms with van der Waals surface area (Å²) >= 11 is 0. The Kier molecular flexibility index (Phi) is 9.17. The van der Waals surface area contributed by atoms with Crippen molar-refractivity contribution in [1.29, 1.82) is 0 Å². The summed E-state index contributed by atoms with van der Waals surface area (Å²) in [6.07, 6.45) is 0.769. The molecule has 4 nitrogen and oxygen atoms in total. The van der Waals surface area contributed by atoms with Gasteiger partial charge >= 0.3 is 0 Å². The van der Waals surface area contributed by atoms with Crippen LogP contribution in [0.4, 0.5) is 0 Å². The lowest BCUT2D eigenvalue weighted by molar-refractivity contribution is -0.121. The van der Waals surface area contributed by atoms with Gasteiger partial charge in [-0.2, -0.15) is 0 Å². The van der Waals surface area contributed by atoms with Crippen molar-refractivity contribution in [2.75, 3.05) is 33.5 Å². The van der Waals surface area contributed by atoms with E-state index in [1.165, 1.54) is 12.5 Å². The standard InChI is InChI=1S/C18H25NO3/c1-15(20)14-22-13-5-12-21-11-4-6-17-7-9-18(10-8-17)16(2)19-3/h7-10,16,19H,5,11-14H2,1-3H3/t16-/m1/s1. The minimum Gasteiger partial charge on any atom is -0.374 e. The Balaban J connectivity index is 2.18.